The SMILES string of the molecule is CCc1ccc(S(=O)(=O)N2C[C@@H](O)[C@H](F)C2)s1. The molecule has 96 valence electrons. The van der Waals surface area contributed by atoms with Crippen molar-refractivity contribution in [1.29, 1.82) is 0 Å². The van der Waals surface area contributed by atoms with Gasteiger partial charge in [-0.2, -0.15) is 4.31 Å². The molecule has 1 aliphatic heterocycles. The first-order chi connectivity index (χ1) is 7.95. The molecule has 2 rings (SSSR count). The van der Waals surface area contributed by atoms with Gasteiger partial charge in [0, 0.05) is 18.0 Å². The molecule has 0 saturated carbocycles. The maximum Gasteiger partial charge on any atom is 0.252 e. The molecule has 0 amide bonds. The smallest absolute Gasteiger partial charge is 0.252 e. The Hall–Kier alpha value is -0.500. The normalized spacial score (nSPS) is 26.5. The summed E-state index contributed by atoms with van der Waals surface area (Å²) in [7, 11) is -3.64. The lowest BCUT2D eigenvalue weighted by molar-refractivity contribution is 0.117. The van der Waals surface area contributed by atoms with Crippen molar-refractivity contribution in [3.63, 3.8) is 0 Å². The van der Waals surface area contributed by atoms with E-state index < -0.39 is 22.3 Å². The van der Waals surface area contributed by atoms with Crippen LogP contribution < -0.4 is 0 Å². The monoisotopic (exact) mass is 279 g/mol. The maximum atomic E-state index is 13.1. The summed E-state index contributed by atoms with van der Waals surface area (Å²) in [5.74, 6) is 0. The van der Waals surface area contributed by atoms with Crippen LogP contribution in [0.1, 0.15) is 11.8 Å². The molecule has 2 atom stereocenters. The molecule has 1 aromatic rings. The van der Waals surface area contributed by atoms with Crippen LogP contribution in [0.15, 0.2) is 16.3 Å². The lowest BCUT2D eigenvalue weighted by Crippen LogP contribution is -2.29. The summed E-state index contributed by atoms with van der Waals surface area (Å²) >= 11 is 1.20. The molecule has 0 bridgehead atoms. The van der Waals surface area contributed by atoms with E-state index in [0.717, 1.165) is 15.6 Å². The highest BCUT2D eigenvalue weighted by Gasteiger charge is 2.39. The first kappa shape index (κ1) is 12.9. The highest BCUT2D eigenvalue weighted by Crippen LogP contribution is 2.28. The summed E-state index contributed by atoms with van der Waals surface area (Å²) in [5, 5.41) is 9.25. The Morgan fingerprint density at radius 2 is 2.24 bits per heavy atom. The third-order valence-electron chi connectivity index (χ3n) is 2.77. The van der Waals surface area contributed by atoms with Gasteiger partial charge in [0.2, 0.25) is 0 Å². The number of hydrogen-bond donors (Lipinski definition) is 1. The first-order valence-corrected chi connectivity index (χ1v) is 7.61. The lowest BCUT2D eigenvalue weighted by Gasteiger charge is -2.13. The average molecular weight is 279 g/mol. The van der Waals surface area contributed by atoms with Crippen molar-refractivity contribution in [3.05, 3.63) is 17.0 Å². The number of β-amino-alcohol motifs (C(OH)–C–C–N with tert-alkyl or cyclic N) is 1. The van der Waals surface area contributed by atoms with Crippen LogP contribution in [0.25, 0.3) is 0 Å². The lowest BCUT2D eigenvalue weighted by atomic mass is 10.3. The average Bonchev–Trinajstić information content (AvgIpc) is 2.87. The van der Waals surface area contributed by atoms with Gasteiger partial charge in [0.05, 0.1) is 0 Å². The number of rotatable bonds is 3. The predicted molar refractivity (Wildman–Crippen MR) is 63.4 cm³/mol. The zero-order valence-corrected chi connectivity index (χ0v) is 11.0. The van der Waals surface area contributed by atoms with E-state index in [1.54, 1.807) is 6.07 Å². The third kappa shape index (κ3) is 2.37. The fourth-order valence-corrected chi connectivity index (χ4v) is 4.64. The summed E-state index contributed by atoms with van der Waals surface area (Å²) in [6.45, 7) is 1.52. The van der Waals surface area contributed by atoms with Crippen LogP contribution in [0.2, 0.25) is 0 Å². The highest BCUT2D eigenvalue weighted by molar-refractivity contribution is 7.91. The van der Waals surface area contributed by atoms with Crippen molar-refractivity contribution in [3.8, 4) is 0 Å². The van der Waals surface area contributed by atoms with Gasteiger partial charge in [-0.05, 0) is 18.6 Å². The van der Waals surface area contributed by atoms with Gasteiger partial charge in [-0.15, -0.1) is 11.3 Å². The van der Waals surface area contributed by atoms with E-state index in [1.807, 2.05) is 6.92 Å². The minimum Gasteiger partial charge on any atom is -0.389 e. The summed E-state index contributed by atoms with van der Waals surface area (Å²) in [6, 6.07) is 3.30. The van der Waals surface area contributed by atoms with Gasteiger partial charge in [0.1, 0.15) is 16.5 Å². The van der Waals surface area contributed by atoms with Crippen LogP contribution >= 0.6 is 11.3 Å². The number of aliphatic hydroxyl groups excluding tert-OH is 1. The molecule has 0 unspecified atom stereocenters. The first-order valence-electron chi connectivity index (χ1n) is 5.36. The van der Waals surface area contributed by atoms with Crippen LogP contribution in [-0.2, 0) is 16.4 Å². The second-order valence-corrected chi connectivity index (χ2v) is 7.31. The molecule has 2 heterocycles. The second-order valence-electron chi connectivity index (χ2n) is 3.98. The van der Waals surface area contributed by atoms with Crippen LogP contribution in [0.3, 0.4) is 0 Å². The largest absolute Gasteiger partial charge is 0.389 e. The van der Waals surface area contributed by atoms with Gasteiger partial charge in [0.15, 0.2) is 0 Å². The van der Waals surface area contributed by atoms with Crippen LogP contribution in [0, 0.1) is 0 Å². The van der Waals surface area contributed by atoms with E-state index in [9.17, 15) is 17.9 Å². The third-order valence-corrected chi connectivity index (χ3v) is 6.29. The Morgan fingerprint density at radius 1 is 1.53 bits per heavy atom. The Labute approximate surface area is 104 Å². The Balaban J connectivity index is 2.25. The fraction of sp³-hybridized carbons (Fsp3) is 0.600. The molecule has 0 aliphatic carbocycles. The van der Waals surface area contributed by atoms with Gasteiger partial charge in [-0.25, -0.2) is 12.8 Å². The van der Waals surface area contributed by atoms with Crippen LogP contribution in [0.5, 0.6) is 0 Å². The summed E-state index contributed by atoms with van der Waals surface area (Å²) < 4.78 is 38.6. The Bertz CT molecular complexity index is 489. The van der Waals surface area contributed by atoms with Crippen LogP contribution in [-0.4, -0.2) is 43.2 Å². The number of aryl methyl sites for hydroxylation is 1. The zero-order chi connectivity index (χ0) is 12.6. The maximum absolute atomic E-state index is 13.1. The van der Waals surface area contributed by atoms with Gasteiger partial charge in [0.25, 0.3) is 10.0 Å². The Kier molecular flexibility index (Phi) is 3.53. The second kappa shape index (κ2) is 4.64. The van der Waals surface area contributed by atoms with E-state index in [-0.39, 0.29) is 17.3 Å². The van der Waals surface area contributed by atoms with Crippen molar-refractivity contribution >= 4 is 21.4 Å². The molecule has 7 heteroatoms. The van der Waals surface area contributed by atoms with E-state index in [4.69, 9.17) is 0 Å². The number of aliphatic hydroxyl groups is 1. The molecule has 1 N–H and O–H groups in total. The molecule has 1 fully saturated rings. The Morgan fingerprint density at radius 3 is 2.71 bits per heavy atom. The predicted octanol–water partition coefficient (Wildman–Crippen LogP) is 1.01. The number of sulfonamides is 1. The number of thiophene rings is 1. The van der Waals surface area contributed by atoms with Gasteiger partial charge in [-0.3, -0.25) is 0 Å². The molecule has 0 aromatic carbocycles. The van der Waals surface area contributed by atoms with Crippen molar-refractivity contribution in [2.75, 3.05) is 13.1 Å². The van der Waals surface area contributed by atoms with E-state index in [2.05, 4.69) is 0 Å². The molecular weight excluding hydrogens is 265 g/mol. The van der Waals surface area contributed by atoms with Crippen molar-refractivity contribution in [2.45, 2.75) is 29.8 Å². The van der Waals surface area contributed by atoms with Gasteiger partial charge in [-0.1, -0.05) is 6.92 Å². The topological polar surface area (TPSA) is 57.6 Å². The van der Waals surface area contributed by atoms with E-state index in [1.165, 1.54) is 17.4 Å². The molecule has 1 aliphatic rings. The summed E-state index contributed by atoms with van der Waals surface area (Å²) in [5.41, 5.74) is 0. The minimum atomic E-state index is -3.64. The molecule has 0 radical (unpaired) electrons. The summed E-state index contributed by atoms with van der Waals surface area (Å²) in [4.78, 5) is 0.972. The van der Waals surface area contributed by atoms with Gasteiger partial charge < -0.3 is 5.11 Å². The standard InChI is InChI=1S/C10H14FNO3S2/c1-2-7-3-4-10(16-7)17(14,15)12-5-8(11)9(13)6-12/h3-4,8-9,13H,2,5-6H2,1H3/t8-,9-/m1/s1. The molecule has 4 nitrogen and oxygen atoms in total. The minimum absolute atomic E-state index is 0.164. The fourth-order valence-electron chi connectivity index (χ4n) is 1.72. The molecule has 1 saturated heterocycles. The molecule has 1 aromatic heterocycles. The number of hydrogen-bond acceptors (Lipinski definition) is 4. The van der Waals surface area contributed by atoms with Crippen molar-refractivity contribution < 1.29 is 17.9 Å². The van der Waals surface area contributed by atoms with Crippen molar-refractivity contribution in [2.24, 2.45) is 0 Å². The number of alkyl halides is 1. The number of halogens is 1. The van der Waals surface area contributed by atoms with Gasteiger partial charge >= 0.3 is 0 Å². The quantitative estimate of drug-likeness (QED) is 0.898. The highest BCUT2D eigenvalue weighted by atomic mass is 32.2. The molecular formula is C10H14FNO3S2. The van der Waals surface area contributed by atoms with Crippen LogP contribution in [0.4, 0.5) is 4.39 Å². The zero-order valence-electron chi connectivity index (χ0n) is 9.34. The summed E-state index contributed by atoms with van der Waals surface area (Å²) in [6.07, 6.45) is -1.93. The number of nitrogens with zero attached hydrogens (tertiary/aromatic N) is 1. The van der Waals surface area contributed by atoms with E-state index in [0.29, 0.717) is 0 Å². The van der Waals surface area contributed by atoms with Crippen molar-refractivity contribution in [1.82, 2.24) is 4.31 Å². The van der Waals surface area contributed by atoms with E-state index >= 15 is 0 Å². The molecule has 17 heavy (non-hydrogen) atoms. The molecule has 0 spiro atoms.